The molecule has 2 amide bonds. The second-order valence-corrected chi connectivity index (χ2v) is 7.22. The smallest absolute Gasteiger partial charge is 0.256 e. The second-order valence-electron chi connectivity index (χ2n) is 6.11. The van der Waals surface area contributed by atoms with E-state index in [0.717, 1.165) is 37.0 Å². The van der Waals surface area contributed by atoms with Crippen molar-refractivity contribution in [3.05, 3.63) is 35.4 Å². The van der Waals surface area contributed by atoms with Crippen molar-refractivity contribution in [3.63, 3.8) is 0 Å². The van der Waals surface area contributed by atoms with E-state index in [1.165, 1.54) is 0 Å². The van der Waals surface area contributed by atoms with Crippen LogP contribution in [-0.2, 0) is 9.53 Å². The van der Waals surface area contributed by atoms with Crippen LogP contribution in [0.15, 0.2) is 24.3 Å². The summed E-state index contributed by atoms with van der Waals surface area (Å²) in [6.45, 7) is 4.17. The highest BCUT2D eigenvalue weighted by Gasteiger charge is 2.48. The first-order valence-electron chi connectivity index (χ1n) is 8.62. The number of thioether (sulfide) groups is 1. The zero-order chi connectivity index (χ0) is 16.9. The van der Waals surface area contributed by atoms with Crippen LogP contribution in [0, 0.1) is 0 Å². The Morgan fingerprint density at radius 2 is 2.12 bits per heavy atom. The number of carbonyl (C=O) groups excluding carboxylic acids is 2. The largest absolute Gasteiger partial charge is 0.381 e. The quantitative estimate of drug-likeness (QED) is 0.734. The SMILES string of the molecule is CCCCOCCCNC(=O)C1CSC2c3ccccc3C(=O)N12. The molecule has 0 radical (unpaired) electrons. The number of nitrogens with zero attached hydrogens (tertiary/aromatic N) is 1. The van der Waals surface area contributed by atoms with E-state index in [-0.39, 0.29) is 23.2 Å². The van der Waals surface area contributed by atoms with Crippen LogP contribution >= 0.6 is 11.8 Å². The van der Waals surface area contributed by atoms with Gasteiger partial charge in [0.2, 0.25) is 5.91 Å². The van der Waals surface area contributed by atoms with Gasteiger partial charge in [0.1, 0.15) is 11.4 Å². The maximum absolute atomic E-state index is 12.6. The van der Waals surface area contributed by atoms with E-state index in [1.54, 1.807) is 16.7 Å². The Morgan fingerprint density at radius 3 is 2.96 bits per heavy atom. The number of amides is 2. The Hall–Kier alpha value is -1.53. The summed E-state index contributed by atoms with van der Waals surface area (Å²) in [6.07, 6.45) is 3.00. The lowest BCUT2D eigenvalue weighted by molar-refractivity contribution is -0.124. The number of ether oxygens (including phenoxy) is 1. The number of nitrogens with one attached hydrogen (secondary N) is 1. The molecule has 2 aliphatic rings. The predicted molar refractivity (Wildman–Crippen MR) is 95.0 cm³/mol. The van der Waals surface area contributed by atoms with E-state index in [4.69, 9.17) is 4.74 Å². The fourth-order valence-electron chi connectivity index (χ4n) is 3.09. The lowest BCUT2D eigenvalue weighted by Crippen LogP contribution is -2.46. The second kappa shape index (κ2) is 8.03. The lowest BCUT2D eigenvalue weighted by Gasteiger charge is -2.22. The average molecular weight is 348 g/mol. The minimum absolute atomic E-state index is 0.0122. The molecule has 2 atom stereocenters. The lowest BCUT2D eigenvalue weighted by atomic mass is 10.1. The Morgan fingerprint density at radius 1 is 1.33 bits per heavy atom. The van der Waals surface area contributed by atoms with E-state index in [2.05, 4.69) is 12.2 Å². The molecule has 130 valence electrons. The number of hydrogen-bond donors (Lipinski definition) is 1. The van der Waals surface area contributed by atoms with Gasteiger partial charge in [-0.1, -0.05) is 31.5 Å². The molecule has 0 aliphatic carbocycles. The summed E-state index contributed by atoms with van der Waals surface area (Å²) in [5.74, 6) is 0.576. The molecular formula is C18H24N2O3S. The maximum atomic E-state index is 12.6. The third kappa shape index (κ3) is 3.44. The van der Waals surface area contributed by atoms with E-state index in [0.29, 0.717) is 18.9 Å². The molecule has 2 heterocycles. The van der Waals surface area contributed by atoms with Crippen LogP contribution in [0.5, 0.6) is 0 Å². The van der Waals surface area contributed by atoms with E-state index < -0.39 is 0 Å². The highest BCUT2D eigenvalue weighted by atomic mass is 32.2. The molecule has 0 bridgehead atoms. The zero-order valence-electron chi connectivity index (χ0n) is 14.0. The summed E-state index contributed by atoms with van der Waals surface area (Å²) >= 11 is 1.67. The van der Waals surface area contributed by atoms with Gasteiger partial charge in [-0.05, 0) is 24.5 Å². The highest BCUT2D eigenvalue weighted by molar-refractivity contribution is 7.99. The monoisotopic (exact) mass is 348 g/mol. The number of rotatable bonds is 8. The number of unbranched alkanes of at least 4 members (excludes halogenated alkanes) is 1. The molecule has 0 saturated carbocycles. The molecule has 1 fully saturated rings. The molecule has 1 aromatic carbocycles. The maximum Gasteiger partial charge on any atom is 0.256 e. The van der Waals surface area contributed by atoms with Crippen LogP contribution < -0.4 is 5.32 Å². The first-order valence-corrected chi connectivity index (χ1v) is 9.67. The van der Waals surface area contributed by atoms with Crippen LogP contribution in [0.25, 0.3) is 0 Å². The molecule has 0 aromatic heterocycles. The van der Waals surface area contributed by atoms with Crippen molar-refractivity contribution in [2.24, 2.45) is 0 Å². The van der Waals surface area contributed by atoms with Crippen molar-refractivity contribution in [1.29, 1.82) is 0 Å². The molecule has 3 rings (SSSR count). The van der Waals surface area contributed by atoms with Gasteiger partial charge >= 0.3 is 0 Å². The standard InChI is InChI=1S/C18H24N2O3S/c1-2-3-10-23-11-6-9-19-16(21)15-12-24-18-14-8-5-4-7-13(14)17(22)20(15)18/h4-5,7-8,15,18H,2-3,6,9-12H2,1H3,(H,19,21). The summed E-state index contributed by atoms with van der Waals surface area (Å²) in [5.41, 5.74) is 1.77. The first-order chi connectivity index (χ1) is 11.7. The minimum Gasteiger partial charge on any atom is -0.381 e. The normalized spacial score (nSPS) is 21.7. The summed E-state index contributed by atoms with van der Waals surface area (Å²) in [4.78, 5) is 26.8. The van der Waals surface area contributed by atoms with Gasteiger partial charge in [0, 0.05) is 31.1 Å². The molecule has 1 N–H and O–H groups in total. The molecule has 6 heteroatoms. The third-order valence-corrected chi connectivity index (χ3v) is 5.71. The highest BCUT2D eigenvalue weighted by Crippen LogP contribution is 2.47. The number of benzene rings is 1. The van der Waals surface area contributed by atoms with Crippen LogP contribution in [0.4, 0.5) is 0 Å². The van der Waals surface area contributed by atoms with Crippen molar-refractivity contribution in [1.82, 2.24) is 10.2 Å². The molecule has 2 unspecified atom stereocenters. The van der Waals surface area contributed by atoms with Gasteiger partial charge in [-0.2, -0.15) is 0 Å². The predicted octanol–water partition coefficient (Wildman–Crippen LogP) is 2.58. The van der Waals surface area contributed by atoms with Gasteiger partial charge in [-0.25, -0.2) is 0 Å². The number of hydrogen-bond acceptors (Lipinski definition) is 4. The molecule has 2 aliphatic heterocycles. The fraction of sp³-hybridized carbons (Fsp3) is 0.556. The van der Waals surface area contributed by atoms with Crippen molar-refractivity contribution in [2.75, 3.05) is 25.5 Å². The third-order valence-electron chi connectivity index (χ3n) is 4.40. The fourth-order valence-corrected chi connectivity index (χ4v) is 4.56. The molecule has 0 spiro atoms. The summed E-state index contributed by atoms with van der Waals surface area (Å²) in [5, 5.41) is 2.94. The van der Waals surface area contributed by atoms with Crippen LogP contribution in [0.3, 0.4) is 0 Å². The first kappa shape index (κ1) is 17.3. The van der Waals surface area contributed by atoms with E-state index in [9.17, 15) is 9.59 Å². The van der Waals surface area contributed by atoms with Gasteiger partial charge in [0.05, 0.1) is 0 Å². The Balaban J connectivity index is 1.48. The Bertz CT molecular complexity index is 608. The zero-order valence-corrected chi connectivity index (χ0v) is 14.8. The molecule has 24 heavy (non-hydrogen) atoms. The summed E-state index contributed by atoms with van der Waals surface area (Å²) in [6, 6.07) is 7.28. The van der Waals surface area contributed by atoms with Gasteiger partial charge in [-0.15, -0.1) is 11.8 Å². The topological polar surface area (TPSA) is 58.6 Å². The summed E-state index contributed by atoms with van der Waals surface area (Å²) in [7, 11) is 0. The van der Waals surface area contributed by atoms with Gasteiger partial charge in [-0.3, -0.25) is 9.59 Å². The number of carbonyl (C=O) groups is 2. The van der Waals surface area contributed by atoms with E-state index >= 15 is 0 Å². The van der Waals surface area contributed by atoms with Gasteiger partial charge in [0.15, 0.2) is 0 Å². The van der Waals surface area contributed by atoms with Crippen molar-refractivity contribution < 1.29 is 14.3 Å². The minimum atomic E-state index is -0.374. The van der Waals surface area contributed by atoms with Crippen LogP contribution in [-0.4, -0.2) is 48.3 Å². The van der Waals surface area contributed by atoms with Crippen LogP contribution in [0.2, 0.25) is 0 Å². The molecule has 1 aromatic rings. The molecular weight excluding hydrogens is 324 g/mol. The van der Waals surface area contributed by atoms with E-state index in [1.807, 2.05) is 24.3 Å². The number of fused-ring (bicyclic) bond motifs is 3. The molecule has 5 nitrogen and oxygen atoms in total. The van der Waals surface area contributed by atoms with Gasteiger partial charge in [0.25, 0.3) is 5.91 Å². The average Bonchev–Trinajstić information content (AvgIpc) is 3.15. The van der Waals surface area contributed by atoms with Crippen LogP contribution in [0.1, 0.15) is 47.5 Å². The molecule has 1 saturated heterocycles. The summed E-state index contributed by atoms with van der Waals surface area (Å²) < 4.78 is 5.49. The van der Waals surface area contributed by atoms with Crippen molar-refractivity contribution >= 4 is 23.6 Å². The van der Waals surface area contributed by atoms with Crippen molar-refractivity contribution in [2.45, 2.75) is 37.6 Å². The Labute approximate surface area is 147 Å². The Kier molecular flexibility index (Phi) is 5.79. The van der Waals surface area contributed by atoms with Gasteiger partial charge < -0.3 is 15.0 Å². The van der Waals surface area contributed by atoms with Crippen molar-refractivity contribution in [3.8, 4) is 0 Å².